The minimum atomic E-state index is 0.237. The van der Waals surface area contributed by atoms with Crippen LogP contribution in [0.3, 0.4) is 0 Å². The van der Waals surface area contributed by atoms with Gasteiger partial charge in [0.25, 0.3) is 0 Å². The van der Waals surface area contributed by atoms with Crippen molar-refractivity contribution in [2.24, 2.45) is 5.92 Å². The van der Waals surface area contributed by atoms with Gasteiger partial charge in [0.15, 0.2) is 5.82 Å². The van der Waals surface area contributed by atoms with Crippen molar-refractivity contribution in [1.82, 2.24) is 15.5 Å². The van der Waals surface area contributed by atoms with E-state index in [4.69, 9.17) is 9.26 Å². The maximum absolute atomic E-state index is 5.34. The molecule has 1 aromatic heterocycles. The van der Waals surface area contributed by atoms with Crippen LogP contribution in [0.4, 0.5) is 0 Å². The fourth-order valence-electron chi connectivity index (χ4n) is 2.00. The number of ether oxygens (including phenoxy) is 1. The molecule has 5 nitrogen and oxygen atoms in total. The summed E-state index contributed by atoms with van der Waals surface area (Å²) in [6, 6.07) is 0.332. The van der Waals surface area contributed by atoms with Crippen molar-refractivity contribution < 1.29 is 9.26 Å². The molecule has 1 aliphatic heterocycles. The van der Waals surface area contributed by atoms with Crippen molar-refractivity contribution in [3.05, 3.63) is 11.7 Å². The van der Waals surface area contributed by atoms with Gasteiger partial charge in [-0.2, -0.15) is 4.98 Å². The largest absolute Gasteiger partial charge is 0.381 e. The monoisotopic (exact) mass is 239 g/mol. The lowest BCUT2D eigenvalue weighted by molar-refractivity contribution is 0.185. The van der Waals surface area contributed by atoms with Gasteiger partial charge in [0.1, 0.15) is 0 Å². The molecule has 0 spiro atoms. The third-order valence-corrected chi connectivity index (χ3v) is 3.57. The molecule has 1 aliphatic rings. The first-order valence-electron chi connectivity index (χ1n) is 6.28. The third kappa shape index (κ3) is 3.04. The van der Waals surface area contributed by atoms with Gasteiger partial charge in [0, 0.05) is 25.7 Å². The average Bonchev–Trinajstić information content (AvgIpc) is 2.99. The summed E-state index contributed by atoms with van der Waals surface area (Å²) >= 11 is 0. The predicted molar refractivity (Wildman–Crippen MR) is 63.9 cm³/mol. The molecule has 2 heterocycles. The van der Waals surface area contributed by atoms with Gasteiger partial charge in [0.2, 0.25) is 5.89 Å². The van der Waals surface area contributed by atoms with Crippen LogP contribution in [-0.4, -0.2) is 36.4 Å². The summed E-state index contributed by atoms with van der Waals surface area (Å²) in [6.45, 7) is 5.89. The zero-order chi connectivity index (χ0) is 12.3. The van der Waals surface area contributed by atoms with E-state index in [1.54, 1.807) is 0 Å². The fourth-order valence-corrected chi connectivity index (χ4v) is 2.00. The molecular weight excluding hydrogens is 218 g/mol. The van der Waals surface area contributed by atoms with Gasteiger partial charge in [-0.15, -0.1) is 0 Å². The van der Waals surface area contributed by atoms with Crippen molar-refractivity contribution in [3.8, 4) is 0 Å². The fraction of sp³-hybridized carbons (Fsp3) is 0.833. The Morgan fingerprint density at radius 3 is 2.94 bits per heavy atom. The van der Waals surface area contributed by atoms with Gasteiger partial charge < -0.3 is 14.6 Å². The Morgan fingerprint density at radius 1 is 1.47 bits per heavy atom. The van der Waals surface area contributed by atoms with E-state index in [-0.39, 0.29) is 5.92 Å². The van der Waals surface area contributed by atoms with Crippen LogP contribution in [0.2, 0.25) is 0 Å². The van der Waals surface area contributed by atoms with Crippen molar-refractivity contribution in [3.63, 3.8) is 0 Å². The molecule has 1 aromatic rings. The van der Waals surface area contributed by atoms with E-state index >= 15 is 0 Å². The lowest BCUT2D eigenvalue weighted by Crippen LogP contribution is -2.27. The second-order valence-corrected chi connectivity index (χ2v) is 4.85. The maximum Gasteiger partial charge on any atom is 0.231 e. The summed E-state index contributed by atoms with van der Waals surface area (Å²) < 4.78 is 10.7. The zero-order valence-electron chi connectivity index (χ0n) is 10.8. The molecule has 3 atom stereocenters. The highest BCUT2D eigenvalue weighted by molar-refractivity contribution is 4.97. The summed E-state index contributed by atoms with van der Waals surface area (Å²) in [5.74, 6) is 2.32. The third-order valence-electron chi connectivity index (χ3n) is 3.57. The van der Waals surface area contributed by atoms with Crippen molar-refractivity contribution in [2.45, 2.75) is 38.6 Å². The van der Waals surface area contributed by atoms with Crippen molar-refractivity contribution in [1.29, 1.82) is 0 Å². The minimum Gasteiger partial charge on any atom is -0.381 e. The van der Waals surface area contributed by atoms with Crippen LogP contribution >= 0.6 is 0 Å². The van der Waals surface area contributed by atoms with Gasteiger partial charge in [0.05, 0.1) is 5.92 Å². The molecule has 0 aliphatic carbocycles. The minimum absolute atomic E-state index is 0.237. The Labute approximate surface area is 102 Å². The van der Waals surface area contributed by atoms with Crippen molar-refractivity contribution >= 4 is 0 Å². The van der Waals surface area contributed by atoms with E-state index in [2.05, 4.69) is 29.3 Å². The van der Waals surface area contributed by atoms with E-state index in [0.29, 0.717) is 12.0 Å². The zero-order valence-corrected chi connectivity index (χ0v) is 10.8. The number of hydrogen-bond acceptors (Lipinski definition) is 5. The number of nitrogens with one attached hydrogen (secondary N) is 1. The Morgan fingerprint density at radius 2 is 2.29 bits per heavy atom. The van der Waals surface area contributed by atoms with E-state index in [1.165, 1.54) is 0 Å². The molecule has 0 bridgehead atoms. The molecule has 1 fully saturated rings. The summed E-state index contributed by atoms with van der Waals surface area (Å²) in [4.78, 5) is 4.47. The van der Waals surface area contributed by atoms with E-state index < -0.39 is 0 Å². The van der Waals surface area contributed by atoms with E-state index in [0.717, 1.165) is 37.8 Å². The maximum atomic E-state index is 5.34. The summed E-state index contributed by atoms with van der Waals surface area (Å²) in [7, 11) is 1.94. The molecule has 0 radical (unpaired) electrons. The summed E-state index contributed by atoms with van der Waals surface area (Å²) in [5.41, 5.74) is 0. The topological polar surface area (TPSA) is 60.2 Å². The van der Waals surface area contributed by atoms with E-state index in [1.807, 2.05) is 7.05 Å². The first-order valence-corrected chi connectivity index (χ1v) is 6.28. The first-order chi connectivity index (χ1) is 8.20. The second kappa shape index (κ2) is 5.60. The van der Waals surface area contributed by atoms with Gasteiger partial charge in [-0.3, -0.25) is 0 Å². The first kappa shape index (κ1) is 12.5. The predicted octanol–water partition coefficient (Wildman–Crippen LogP) is 1.36. The van der Waals surface area contributed by atoms with E-state index in [9.17, 15) is 0 Å². The summed E-state index contributed by atoms with van der Waals surface area (Å²) in [5, 5.41) is 7.25. The Bertz CT molecular complexity index is 347. The highest BCUT2D eigenvalue weighted by Gasteiger charge is 2.22. The molecular formula is C12H21N3O2. The normalized spacial score (nSPS) is 23.8. The van der Waals surface area contributed by atoms with Crippen LogP contribution in [0, 0.1) is 5.92 Å². The van der Waals surface area contributed by atoms with Crippen LogP contribution in [0.1, 0.15) is 37.9 Å². The molecule has 0 saturated carbocycles. The lowest BCUT2D eigenvalue weighted by Gasteiger charge is -2.14. The SMILES string of the molecule is CNC(C)C(C)c1nc(CC2CCOC2)no1. The molecule has 96 valence electrons. The molecule has 0 amide bonds. The highest BCUT2D eigenvalue weighted by Crippen LogP contribution is 2.20. The van der Waals surface area contributed by atoms with Crippen LogP contribution in [0.15, 0.2) is 4.52 Å². The second-order valence-electron chi connectivity index (χ2n) is 4.85. The number of aromatic nitrogens is 2. The molecule has 5 heteroatoms. The standard InChI is InChI=1S/C12H21N3O2/c1-8(9(2)13-3)12-14-11(15-17-12)6-10-4-5-16-7-10/h8-10,13H,4-7H2,1-3H3. The molecule has 1 saturated heterocycles. The van der Waals surface area contributed by atoms with Crippen LogP contribution in [0.25, 0.3) is 0 Å². The van der Waals surface area contributed by atoms with Crippen LogP contribution < -0.4 is 5.32 Å². The number of rotatable bonds is 5. The Hall–Kier alpha value is -0.940. The lowest BCUT2D eigenvalue weighted by atomic mass is 10.0. The van der Waals surface area contributed by atoms with Gasteiger partial charge in [-0.05, 0) is 26.3 Å². The Kier molecular flexibility index (Phi) is 4.12. The smallest absolute Gasteiger partial charge is 0.231 e. The van der Waals surface area contributed by atoms with Crippen LogP contribution in [-0.2, 0) is 11.2 Å². The quantitative estimate of drug-likeness (QED) is 0.840. The van der Waals surface area contributed by atoms with Gasteiger partial charge >= 0.3 is 0 Å². The molecule has 0 aromatic carbocycles. The molecule has 17 heavy (non-hydrogen) atoms. The number of nitrogens with zero attached hydrogens (tertiary/aromatic N) is 2. The van der Waals surface area contributed by atoms with Crippen molar-refractivity contribution in [2.75, 3.05) is 20.3 Å². The number of likely N-dealkylation sites (N-methyl/N-ethyl adjacent to an activating group) is 1. The van der Waals surface area contributed by atoms with Gasteiger partial charge in [-0.25, -0.2) is 0 Å². The van der Waals surface area contributed by atoms with Crippen LogP contribution in [0.5, 0.6) is 0 Å². The molecule has 2 rings (SSSR count). The Balaban J connectivity index is 1.95. The summed E-state index contributed by atoms with van der Waals surface area (Å²) in [6.07, 6.45) is 1.97. The number of hydrogen-bond donors (Lipinski definition) is 1. The average molecular weight is 239 g/mol. The molecule has 1 N–H and O–H groups in total. The molecule has 3 unspecified atom stereocenters. The van der Waals surface area contributed by atoms with Gasteiger partial charge in [-0.1, -0.05) is 12.1 Å². The highest BCUT2D eigenvalue weighted by atomic mass is 16.5.